The Morgan fingerprint density at radius 2 is 1.87 bits per heavy atom. The van der Waals surface area contributed by atoms with E-state index in [1.54, 1.807) is 29.7 Å². The summed E-state index contributed by atoms with van der Waals surface area (Å²) in [6, 6.07) is 16.3. The number of benzene rings is 2. The molecule has 1 fully saturated rings. The number of carbonyl (C=O) groups is 3. The summed E-state index contributed by atoms with van der Waals surface area (Å²) in [6.45, 7) is 5.26. The molecule has 11 nitrogen and oxygen atoms in total. The molecule has 0 spiro atoms. The van der Waals surface area contributed by atoms with Crippen molar-refractivity contribution in [3.63, 3.8) is 0 Å². The number of imide groups is 1. The molecule has 1 saturated heterocycles. The molecule has 3 aliphatic rings. The van der Waals surface area contributed by atoms with Crippen LogP contribution in [-0.4, -0.2) is 55.0 Å². The van der Waals surface area contributed by atoms with Gasteiger partial charge in [-0.1, -0.05) is 41.6 Å². The topological polar surface area (TPSA) is 131 Å². The smallest absolute Gasteiger partial charge is 0.255 e. The number of piperidine rings is 1. The Hall–Kier alpha value is -5.79. The highest BCUT2D eigenvalue weighted by molar-refractivity contribution is 7.15. The van der Waals surface area contributed by atoms with E-state index in [4.69, 9.17) is 16.3 Å². The Labute approximate surface area is 314 Å². The third-order valence-corrected chi connectivity index (χ3v) is 11.0. The summed E-state index contributed by atoms with van der Waals surface area (Å²) in [7, 11) is 0. The molecule has 2 N–H and O–H groups in total. The maximum absolute atomic E-state index is 13.1. The van der Waals surface area contributed by atoms with Gasteiger partial charge in [-0.2, -0.15) is 0 Å². The molecule has 5 aromatic rings. The number of aryl methyl sites for hydroxylation is 1. The molecule has 0 radical (unpaired) electrons. The van der Waals surface area contributed by atoms with E-state index in [-0.39, 0.29) is 30.8 Å². The number of amides is 3. The molecule has 13 heteroatoms. The maximum atomic E-state index is 13.1. The van der Waals surface area contributed by atoms with Crippen LogP contribution in [0.2, 0.25) is 5.02 Å². The summed E-state index contributed by atoms with van der Waals surface area (Å²) in [5.74, 6) is 14.2. The van der Waals surface area contributed by atoms with Crippen LogP contribution >= 0.6 is 22.9 Å². The van der Waals surface area contributed by atoms with Gasteiger partial charge in [-0.25, -0.2) is 4.98 Å². The first-order valence-corrected chi connectivity index (χ1v) is 18.3. The molecule has 3 aliphatic heterocycles. The zero-order valence-corrected chi connectivity index (χ0v) is 30.4. The van der Waals surface area contributed by atoms with Gasteiger partial charge in [0.05, 0.1) is 30.3 Å². The second-order valence-corrected chi connectivity index (χ2v) is 14.3. The molecule has 264 valence electrons. The first-order chi connectivity index (χ1) is 25.7. The van der Waals surface area contributed by atoms with Crippen LogP contribution in [-0.2, 0) is 22.7 Å². The molecule has 2 aromatic carbocycles. The lowest BCUT2D eigenvalue weighted by molar-refractivity contribution is -0.136. The molecule has 0 aliphatic carbocycles. The van der Waals surface area contributed by atoms with Crippen LogP contribution in [0.5, 0.6) is 5.75 Å². The number of aromatic nitrogens is 4. The van der Waals surface area contributed by atoms with Crippen LogP contribution in [0, 0.1) is 37.5 Å². The van der Waals surface area contributed by atoms with Crippen molar-refractivity contribution in [2.24, 2.45) is 0 Å². The van der Waals surface area contributed by atoms with Gasteiger partial charge in [0.2, 0.25) is 11.8 Å². The Bertz CT molecular complexity index is 2410. The number of nitrogens with zero attached hydrogens (tertiary/aromatic N) is 5. The van der Waals surface area contributed by atoms with Crippen LogP contribution in [0.1, 0.15) is 85.7 Å². The van der Waals surface area contributed by atoms with Gasteiger partial charge in [-0.3, -0.25) is 29.6 Å². The lowest BCUT2D eigenvalue weighted by Gasteiger charge is -2.29. The van der Waals surface area contributed by atoms with Crippen molar-refractivity contribution in [1.29, 1.82) is 0 Å². The largest absolute Gasteiger partial charge is 0.491 e. The second kappa shape index (κ2) is 14.3. The normalized spacial score (nSPS) is 17.4. The van der Waals surface area contributed by atoms with Gasteiger partial charge < -0.3 is 9.64 Å². The molecule has 3 amide bonds. The van der Waals surface area contributed by atoms with Gasteiger partial charge >= 0.3 is 0 Å². The van der Waals surface area contributed by atoms with Crippen LogP contribution in [0.3, 0.4) is 0 Å². The van der Waals surface area contributed by atoms with Crippen molar-refractivity contribution >= 4 is 40.7 Å². The van der Waals surface area contributed by atoms with E-state index in [1.165, 1.54) is 4.90 Å². The van der Waals surface area contributed by atoms with Crippen molar-refractivity contribution in [2.75, 3.05) is 6.61 Å². The minimum atomic E-state index is -0.665. The fourth-order valence-corrected chi connectivity index (χ4v) is 8.29. The fourth-order valence-electron chi connectivity index (χ4n) is 6.90. The number of pyridine rings is 1. The highest BCUT2D eigenvalue weighted by Gasteiger charge is 2.39. The zero-order valence-electron chi connectivity index (χ0n) is 28.8. The van der Waals surface area contributed by atoms with E-state index < -0.39 is 11.9 Å². The minimum Gasteiger partial charge on any atom is -0.491 e. The third-order valence-electron chi connectivity index (χ3n) is 9.57. The van der Waals surface area contributed by atoms with Crippen molar-refractivity contribution < 1.29 is 19.1 Å². The van der Waals surface area contributed by atoms with E-state index in [1.807, 2.05) is 49.4 Å². The Balaban J connectivity index is 0.925. The van der Waals surface area contributed by atoms with Crippen LogP contribution in [0.25, 0.3) is 5.00 Å². The van der Waals surface area contributed by atoms with E-state index in [0.717, 1.165) is 49.3 Å². The fraction of sp³-hybridized carbons (Fsp3) is 0.250. The van der Waals surface area contributed by atoms with E-state index in [0.29, 0.717) is 48.0 Å². The average molecular weight is 742 g/mol. The lowest BCUT2D eigenvalue weighted by Crippen LogP contribution is -2.52. The van der Waals surface area contributed by atoms with Gasteiger partial charge in [0.25, 0.3) is 5.91 Å². The SMILES string of the molecule is Cc1c(C#Cc2ccc(OCCC#Cc3cccc4c3CN(C3CCC(=O)NC3=O)C4=O)cn2)sc2c1C(c1ccc(Cl)cc1)NCc1nnc(C)n1-2. The summed E-state index contributed by atoms with van der Waals surface area (Å²) in [4.78, 5) is 44.1. The van der Waals surface area contributed by atoms with Gasteiger partial charge in [0.1, 0.15) is 28.3 Å². The monoisotopic (exact) mass is 741 g/mol. The summed E-state index contributed by atoms with van der Waals surface area (Å²) in [6.07, 6.45) is 2.64. The molecule has 0 saturated carbocycles. The quantitative estimate of drug-likeness (QED) is 0.143. The number of nitrogens with one attached hydrogen (secondary N) is 2. The summed E-state index contributed by atoms with van der Waals surface area (Å²) >= 11 is 7.83. The Morgan fingerprint density at radius 1 is 1.02 bits per heavy atom. The number of ether oxygens (including phenoxy) is 1. The van der Waals surface area contributed by atoms with E-state index >= 15 is 0 Å². The molecular formula is C40H32ClN7O4S. The highest BCUT2D eigenvalue weighted by Crippen LogP contribution is 2.41. The van der Waals surface area contributed by atoms with Crippen LogP contribution < -0.4 is 15.4 Å². The van der Waals surface area contributed by atoms with Gasteiger partial charge in [0.15, 0.2) is 5.82 Å². The predicted octanol–water partition coefficient (Wildman–Crippen LogP) is 5.17. The standard InChI is InChI=1S/C40H32ClN7O4S/c1-23-33(53-40-36(23)37(26-9-11-27(41)12-10-26)43-21-34-46-45-24(2)48(34)40)17-14-28-13-15-29(20-42-28)52-19-4-3-6-25-7-5-8-30-31(25)22-47(39(30)51)32-16-18-35(49)44-38(32)50/h5,7-13,15,20,32,37,43H,4,16,18-19,21-22H2,1-2H3,(H,44,49,50). The average Bonchev–Trinajstić information content (AvgIpc) is 3.76. The Morgan fingerprint density at radius 3 is 2.66 bits per heavy atom. The van der Waals surface area contributed by atoms with Crippen molar-refractivity contribution in [3.05, 3.63) is 121 Å². The van der Waals surface area contributed by atoms with Gasteiger partial charge in [-0.15, -0.1) is 21.5 Å². The maximum Gasteiger partial charge on any atom is 0.255 e. The first kappa shape index (κ1) is 34.3. The number of rotatable bonds is 5. The molecule has 8 rings (SSSR count). The second-order valence-electron chi connectivity index (χ2n) is 12.9. The van der Waals surface area contributed by atoms with Crippen molar-refractivity contribution in [3.8, 4) is 34.4 Å². The number of fused-ring (bicyclic) bond motifs is 4. The third kappa shape index (κ3) is 6.69. The molecular weight excluding hydrogens is 710 g/mol. The zero-order chi connectivity index (χ0) is 36.6. The molecule has 2 unspecified atom stereocenters. The van der Waals surface area contributed by atoms with Crippen molar-refractivity contribution in [2.45, 2.75) is 58.3 Å². The predicted molar refractivity (Wildman–Crippen MR) is 199 cm³/mol. The Kier molecular flexibility index (Phi) is 9.27. The van der Waals surface area contributed by atoms with Crippen molar-refractivity contribution in [1.82, 2.24) is 35.3 Å². The molecule has 2 atom stereocenters. The summed E-state index contributed by atoms with van der Waals surface area (Å²) in [5.41, 5.74) is 6.02. The van der Waals surface area contributed by atoms with Crippen LogP contribution in [0.4, 0.5) is 0 Å². The van der Waals surface area contributed by atoms with Gasteiger partial charge in [-0.05, 0) is 85.2 Å². The number of hydrogen-bond donors (Lipinski definition) is 2. The van der Waals surface area contributed by atoms with E-state index in [9.17, 15) is 14.4 Å². The number of thiophene rings is 1. The summed E-state index contributed by atoms with van der Waals surface area (Å²) < 4.78 is 8.01. The molecule has 3 aromatic heterocycles. The van der Waals surface area contributed by atoms with Gasteiger partial charge in [0, 0.05) is 41.1 Å². The first-order valence-electron chi connectivity index (χ1n) is 17.1. The number of halogens is 1. The number of hydrogen-bond acceptors (Lipinski definition) is 9. The summed E-state index contributed by atoms with van der Waals surface area (Å²) in [5, 5.41) is 16.5. The number of carbonyl (C=O) groups excluding carboxylic acids is 3. The minimum absolute atomic E-state index is 0.0672. The molecule has 0 bridgehead atoms. The molecule has 6 heterocycles. The van der Waals surface area contributed by atoms with E-state index in [2.05, 4.69) is 61.0 Å². The van der Waals surface area contributed by atoms with Crippen LogP contribution in [0.15, 0.2) is 60.8 Å². The highest BCUT2D eigenvalue weighted by atomic mass is 35.5. The lowest BCUT2D eigenvalue weighted by atomic mass is 9.96. The molecule has 53 heavy (non-hydrogen) atoms.